The van der Waals surface area contributed by atoms with Gasteiger partial charge in [0.2, 0.25) is 0 Å². The van der Waals surface area contributed by atoms with Crippen LogP contribution in [0.1, 0.15) is 23.7 Å². The van der Waals surface area contributed by atoms with Crippen molar-refractivity contribution < 1.29 is 4.39 Å². The standard InChI is InChI=1S/C15H17FN2/c1-2-12-7-5-9-18-15(12)11-17-10-13-6-3-4-8-14(13)16/h3-9,17H,2,10-11H2,1H3. The van der Waals surface area contributed by atoms with E-state index in [1.165, 1.54) is 11.6 Å². The average molecular weight is 244 g/mol. The lowest BCUT2D eigenvalue weighted by Crippen LogP contribution is -2.15. The molecule has 94 valence electrons. The van der Waals surface area contributed by atoms with Gasteiger partial charge in [0.1, 0.15) is 5.82 Å². The molecule has 0 fully saturated rings. The highest BCUT2D eigenvalue weighted by molar-refractivity contribution is 5.20. The summed E-state index contributed by atoms with van der Waals surface area (Å²) in [5, 5.41) is 3.23. The number of rotatable bonds is 5. The maximum atomic E-state index is 13.4. The van der Waals surface area contributed by atoms with Crippen molar-refractivity contribution in [3.8, 4) is 0 Å². The van der Waals surface area contributed by atoms with Crippen molar-refractivity contribution in [3.63, 3.8) is 0 Å². The predicted molar refractivity (Wildman–Crippen MR) is 70.6 cm³/mol. The molecular weight excluding hydrogens is 227 g/mol. The molecule has 0 saturated carbocycles. The second-order valence-electron chi connectivity index (χ2n) is 4.16. The summed E-state index contributed by atoms with van der Waals surface area (Å²) in [6, 6.07) is 10.8. The van der Waals surface area contributed by atoms with Crippen molar-refractivity contribution in [3.05, 3.63) is 65.2 Å². The number of pyridine rings is 1. The molecule has 2 nitrogen and oxygen atoms in total. The summed E-state index contributed by atoms with van der Waals surface area (Å²) in [7, 11) is 0. The van der Waals surface area contributed by atoms with Crippen LogP contribution in [-0.2, 0) is 19.5 Å². The number of nitrogens with zero attached hydrogens (tertiary/aromatic N) is 1. The van der Waals surface area contributed by atoms with E-state index in [-0.39, 0.29) is 5.82 Å². The monoisotopic (exact) mass is 244 g/mol. The van der Waals surface area contributed by atoms with Crippen LogP contribution < -0.4 is 5.32 Å². The van der Waals surface area contributed by atoms with E-state index in [4.69, 9.17) is 0 Å². The zero-order valence-corrected chi connectivity index (χ0v) is 10.5. The third kappa shape index (κ3) is 3.14. The molecule has 1 aromatic carbocycles. The minimum Gasteiger partial charge on any atom is -0.307 e. The second-order valence-corrected chi connectivity index (χ2v) is 4.16. The number of hydrogen-bond donors (Lipinski definition) is 1. The van der Waals surface area contributed by atoms with Crippen molar-refractivity contribution in [1.82, 2.24) is 10.3 Å². The number of benzene rings is 1. The smallest absolute Gasteiger partial charge is 0.127 e. The summed E-state index contributed by atoms with van der Waals surface area (Å²) < 4.78 is 13.4. The van der Waals surface area contributed by atoms with Crippen molar-refractivity contribution in [2.75, 3.05) is 0 Å². The van der Waals surface area contributed by atoms with Crippen LogP contribution in [0.15, 0.2) is 42.6 Å². The lowest BCUT2D eigenvalue weighted by atomic mass is 10.1. The Bertz CT molecular complexity index is 511. The highest BCUT2D eigenvalue weighted by atomic mass is 19.1. The first-order chi connectivity index (χ1) is 8.81. The van der Waals surface area contributed by atoms with Crippen LogP contribution in [0.5, 0.6) is 0 Å². The van der Waals surface area contributed by atoms with Gasteiger partial charge in [-0.15, -0.1) is 0 Å². The van der Waals surface area contributed by atoms with Gasteiger partial charge in [0.15, 0.2) is 0 Å². The molecule has 0 aliphatic carbocycles. The van der Waals surface area contributed by atoms with E-state index in [0.29, 0.717) is 18.7 Å². The quantitative estimate of drug-likeness (QED) is 0.874. The Kier molecular flexibility index (Phi) is 4.42. The Hall–Kier alpha value is -1.74. The predicted octanol–water partition coefficient (Wildman–Crippen LogP) is 3.07. The minimum absolute atomic E-state index is 0.165. The SMILES string of the molecule is CCc1cccnc1CNCc1ccccc1F. The molecule has 0 bridgehead atoms. The maximum absolute atomic E-state index is 13.4. The molecule has 0 spiro atoms. The maximum Gasteiger partial charge on any atom is 0.127 e. The summed E-state index contributed by atoms with van der Waals surface area (Å²) in [6.07, 6.45) is 2.75. The number of aryl methyl sites for hydroxylation is 1. The van der Waals surface area contributed by atoms with Gasteiger partial charge in [0, 0.05) is 24.8 Å². The highest BCUT2D eigenvalue weighted by Gasteiger charge is 2.03. The van der Waals surface area contributed by atoms with Crippen LogP contribution in [0.3, 0.4) is 0 Å². The van der Waals surface area contributed by atoms with Crippen LogP contribution in [0, 0.1) is 5.82 Å². The molecule has 2 rings (SSSR count). The number of halogens is 1. The lowest BCUT2D eigenvalue weighted by molar-refractivity contribution is 0.585. The van der Waals surface area contributed by atoms with Gasteiger partial charge in [-0.1, -0.05) is 31.2 Å². The zero-order valence-electron chi connectivity index (χ0n) is 10.5. The van der Waals surface area contributed by atoms with Gasteiger partial charge in [-0.05, 0) is 24.1 Å². The summed E-state index contributed by atoms with van der Waals surface area (Å²) in [5.74, 6) is -0.165. The van der Waals surface area contributed by atoms with E-state index in [0.717, 1.165) is 12.1 Å². The van der Waals surface area contributed by atoms with Gasteiger partial charge in [-0.3, -0.25) is 4.98 Å². The molecule has 0 unspecified atom stereocenters. The van der Waals surface area contributed by atoms with Crippen LogP contribution in [0.2, 0.25) is 0 Å². The van der Waals surface area contributed by atoms with Gasteiger partial charge < -0.3 is 5.32 Å². The van der Waals surface area contributed by atoms with Crippen molar-refractivity contribution in [2.24, 2.45) is 0 Å². The Morgan fingerprint density at radius 1 is 1.06 bits per heavy atom. The van der Waals surface area contributed by atoms with E-state index < -0.39 is 0 Å². The molecule has 0 aliphatic rings. The number of aromatic nitrogens is 1. The van der Waals surface area contributed by atoms with E-state index in [1.54, 1.807) is 18.3 Å². The van der Waals surface area contributed by atoms with E-state index >= 15 is 0 Å². The van der Waals surface area contributed by atoms with Crippen LogP contribution in [0.4, 0.5) is 4.39 Å². The summed E-state index contributed by atoms with van der Waals surface area (Å²) in [4.78, 5) is 4.35. The van der Waals surface area contributed by atoms with Crippen molar-refractivity contribution in [1.29, 1.82) is 0 Å². The van der Waals surface area contributed by atoms with E-state index in [9.17, 15) is 4.39 Å². The van der Waals surface area contributed by atoms with Gasteiger partial charge in [-0.2, -0.15) is 0 Å². The topological polar surface area (TPSA) is 24.9 Å². The molecule has 2 aromatic rings. The summed E-state index contributed by atoms with van der Waals surface area (Å²) in [5.41, 5.74) is 2.96. The summed E-state index contributed by atoms with van der Waals surface area (Å²) in [6.45, 7) is 3.29. The normalized spacial score (nSPS) is 10.6. The third-order valence-corrected chi connectivity index (χ3v) is 2.93. The van der Waals surface area contributed by atoms with Gasteiger partial charge in [0.25, 0.3) is 0 Å². The zero-order chi connectivity index (χ0) is 12.8. The van der Waals surface area contributed by atoms with Gasteiger partial charge in [0.05, 0.1) is 5.69 Å². The molecule has 0 saturated heterocycles. The Morgan fingerprint density at radius 3 is 2.61 bits per heavy atom. The molecule has 3 heteroatoms. The molecule has 18 heavy (non-hydrogen) atoms. The molecule has 1 aromatic heterocycles. The average Bonchev–Trinajstić information content (AvgIpc) is 2.41. The molecule has 0 atom stereocenters. The Labute approximate surface area is 107 Å². The fourth-order valence-electron chi connectivity index (χ4n) is 1.91. The largest absolute Gasteiger partial charge is 0.307 e. The van der Waals surface area contributed by atoms with E-state index in [2.05, 4.69) is 23.3 Å². The Morgan fingerprint density at radius 2 is 1.83 bits per heavy atom. The molecule has 0 aliphatic heterocycles. The van der Waals surface area contributed by atoms with Gasteiger partial charge >= 0.3 is 0 Å². The number of nitrogens with one attached hydrogen (secondary N) is 1. The minimum atomic E-state index is -0.165. The van der Waals surface area contributed by atoms with Crippen LogP contribution in [-0.4, -0.2) is 4.98 Å². The molecule has 0 amide bonds. The molecule has 0 radical (unpaired) electrons. The van der Waals surface area contributed by atoms with Crippen molar-refractivity contribution >= 4 is 0 Å². The van der Waals surface area contributed by atoms with E-state index in [1.807, 2.05) is 12.1 Å². The lowest BCUT2D eigenvalue weighted by Gasteiger charge is -2.08. The fourth-order valence-corrected chi connectivity index (χ4v) is 1.91. The van der Waals surface area contributed by atoms with Crippen molar-refractivity contribution in [2.45, 2.75) is 26.4 Å². The van der Waals surface area contributed by atoms with Gasteiger partial charge in [-0.25, -0.2) is 4.39 Å². The molecule has 1 heterocycles. The Balaban J connectivity index is 1.95. The van der Waals surface area contributed by atoms with Crippen LogP contribution in [0.25, 0.3) is 0 Å². The molecule has 1 N–H and O–H groups in total. The second kappa shape index (κ2) is 6.26. The third-order valence-electron chi connectivity index (χ3n) is 2.93. The fraction of sp³-hybridized carbons (Fsp3) is 0.267. The van der Waals surface area contributed by atoms with Crippen LogP contribution >= 0.6 is 0 Å². The highest BCUT2D eigenvalue weighted by Crippen LogP contribution is 2.08. The summed E-state index contributed by atoms with van der Waals surface area (Å²) >= 11 is 0. The molecular formula is C15H17FN2. The first-order valence-corrected chi connectivity index (χ1v) is 6.18. The first-order valence-electron chi connectivity index (χ1n) is 6.18. The first kappa shape index (κ1) is 12.7. The number of hydrogen-bond acceptors (Lipinski definition) is 2.